The van der Waals surface area contributed by atoms with Crippen molar-refractivity contribution in [1.82, 2.24) is 4.98 Å². The summed E-state index contributed by atoms with van der Waals surface area (Å²) < 4.78 is 29.7. The number of aromatic nitrogens is 1. The molecular formula is C7H9NO7P2+2. The minimum absolute atomic E-state index is 0.231. The minimum Gasteiger partial charge on any atom is -0.362 e. The zero-order valence-corrected chi connectivity index (χ0v) is 10.1. The Morgan fingerprint density at radius 1 is 1.24 bits per heavy atom. The number of rotatable bonds is 6. The topological polar surface area (TPSA) is 126 Å². The molecule has 1 heterocycles. The van der Waals surface area contributed by atoms with E-state index in [0.717, 1.165) is 0 Å². The molecule has 0 amide bonds. The summed E-state index contributed by atoms with van der Waals surface area (Å²) in [6.45, 7) is 0. The highest BCUT2D eigenvalue weighted by atomic mass is 31.1. The van der Waals surface area contributed by atoms with Crippen LogP contribution in [0.5, 0.6) is 0 Å². The molecule has 4 unspecified atom stereocenters. The van der Waals surface area contributed by atoms with Crippen molar-refractivity contribution in [2.24, 2.45) is 0 Å². The van der Waals surface area contributed by atoms with Gasteiger partial charge in [-0.15, -0.1) is 14.3 Å². The maximum atomic E-state index is 10.6. The van der Waals surface area contributed by atoms with Crippen LogP contribution in [-0.4, -0.2) is 26.2 Å². The van der Waals surface area contributed by atoms with Gasteiger partial charge in [-0.1, -0.05) is 10.6 Å². The summed E-state index contributed by atoms with van der Waals surface area (Å²) in [5, 5.41) is 9.42. The molecule has 17 heavy (non-hydrogen) atoms. The summed E-state index contributed by atoms with van der Waals surface area (Å²) in [6, 6.07) is 2.95. The number of aliphatic hydroxyl groups is 1. The molecule has 0 saturated carbocycles. The summed E-state index contributed by atoms with van der Waals surface area (Å²) in [5.74, 6) is 0. The van der Waals surface area contributed by atoms with Gasteiger partial charge in [0.25, 0.3) is 0 Å². The molecule has 4 atom stereocenters. The quantitative estimate of drug-likeness (QED) is 0.515. The molecule has 10 heteroatoms. The van der Waals surface area contributed by atoms with E-state index in [-0.39, 0.29) is 5.56 Å². The molecule has 1 aromatic heterocycles. The largest absolute Gasteiger partial charge is 0.697 e. The standard InChI is InChI=1S/C7H7NO7P2/c9-7(15-17(12)13)6(14-16(10)11)5-2-1-3-8-4-5/h1-4,6-7,9H/p+2. The maximum Gasteiger partial charge on any atom is 0.697 e. The number of aliphatic hydroxyl groups excluding tert-OH is 1. The van der Waals surface area contributed by atoms with E-state index < -0.39 is 28.9 Å². The maximum absolute atomic E-state index is 10.6. The molecule has 1 aromatic rings. The second-order valence-corrected chi connectivity index (χ2v) is 4.16. The highest BCUT2D eigenvalue weighted by molar-refractivity contribution is 7.32. The number of nitrogens with zero attached hydrogens (tertiary/aromatic N) is 1. The Morgan fingerprint density at radius 3 is 2.35 bits per heavy atom. The lowest BCUT2D eigenvalue weighted by atomic mass is 10.1. The first kappa shape index (κ1) is 14.2. The first-order chi connectivity index (χ1) is 8.00. The number of pyridine rings is 1. The fourth-order valence-electron chi connectivity index (χ4n) is 1.07. The molecule has 92 valence electrons. The van der Waals surface area contributed by atoms with Crippen LogP contribution >= 0.6 is 16.5 Å². The van der Waals surface area contributed by atoms with Crippen molar-refractivity contribution in [3.63, 3.8) is 0 Å². The van der Waals surface area contributed by atoms with E-state index in [1.807, 2.05) is 0 Å². The van der Waals surface area contributed by atoms with Gasteiger partial charge in [0.05, 0.1) is 0 Å². The fourth-order valence-corrected chi connectivity index (χ4v) is 1.78. The SMILES string of the molecule is O=[P+](O)OC(O)C(O[P+](=O)O)c1cccnc1. The van der Waals surface area contributed by atoms with Crippen LogP contribution in [0.4, 0.5) is 0 Å². The molecule has 0 aliphatic carbocycles. The molecule has 0 radical (unpaired) electrons. The van der Waals surface area contributed by atoms with Crippen molar-refractivity contribution in [1.29, 1.82) is 0 Å². The third-order valence-electron chi connectivity index (χ3n) is 1.67. The molecule has 0 aliphatic heterocycles. The van der Waals surface area contributed by atoms with E-state index in [0.29, 0.717) is 0 Å². The Morgan fingerprint density at radius 2 is 1.88 bits per heavy atom. The molecular weight excluding hydrogens is 272 g/mol. The summed E-state index contributed by atoms with van der Waals surface area (Å²) in [7, 11) is -6.08. The normalized spacial score (nSPS) is 16.2. The van der Waals surface area contributed by atoms with Gasteiger partial charge in [-0.25, -0.2) is 0 Å². The smallest absolute Gasteiger partial charge is 0.362 e. The molecule has 0 aliphatic rings. The van der Waals surface area contributed by atoms with Crippen LogP contribution in [0.2, 0.25) is 0 Å². The van der Waals surface area contributed by atoms with Crippen molar-refractivity contribution < 1.29 is 33.1 Å². The average Bonchev–Trinajstić information content (AvgIpc) is 2.25. The summed E-state index contributed by atoms with van der Waals surface area (Å²) in [4.78, 5) is 20.8. The van der Waals surface area contributed by atoms with E-state index >= 15 is 0 Å². The van der Waals surface area contributed by atoms with Gasteiger partial charge in [-0.2, -0.15) is 0 Å². The summed E-state index contributed by atoms with van der Waals surface area (Å²) >= 11 is 0. The predicted molar refractivity (Wildman–Crippen MR) is 54.8 cm³/mol. The van der Waals surface area contributed by atoms with E-state index in [1.54, 1.807) is 0 Å². The number of hydrogen-bond acceptors (Lipinski definition) is 6. The highest BCUT2D eigenvalue weighted by Crippen LogP contribution is 2.34. The molecule has 0 aromatic carbocycles. The molecule has 0 bridgehead atoms. The van der Waals surface area contributed by atoms with E-state index in [4.69, 9.17) is 9.79 Å². The van der Waals surface area contributed by atoms with Crippen LogP contribution in [0.25, 0.3) is 0 Å². The van der Waals surface area contributed by atoms with Gasteiger partial charge in [0.15, 0.2) is 6.10 Å². The summed E-state index contributed by atoms with van der Waals surface area (Å²) in [6.07, 6.45) is -0.540. The third-order valence-corrected chi connectivity index (χ3v) is 2.48. The van der Waals surface area contributed by atoms with Crippen molar-refractivity contribution in [3.05, 3.63) is 30.1 Å². The fraction of sp³-hybridized carbons (Fsp3) is 0.286. The first-order valence-corrected chi connectivity index (χ1v) is 6.50. The van der Waals surface area contributed by atoms with Crippen molar-refractivity contribution >= 4 is 16.5 Å². The van der Waals surface area contributed by atoms with Gasteiger partial charge < -0.3 is 5.11 Å². The second-order valence-electron chi connectivity index (χ2n) is 2.78. The lowest BCUT2D eigenvalue weighted by Crippen LogP contribution is -2.20. The average molecular weight is 281 g/mol. The highest BCUT2D eigenvalue weighted by Gasteiger charge is 2.37. The zero-order valence-electron chi connectivity index (χ0n) is 8.28. The van der Waals surface area contributed by atoms with Gasteiger partial charge in [-0.3, -0.25) is 4.98 Å². The predicted octanol–water partition coefficient (Wildman–Crippen LogP) is 0.774. The van der Waals surface area contributed by atoms with Crippen LogP contribution in [0, 0.1) is 0 Å². The van der Waals surface area contributed by atoms with Crippen LogP contribution < -0.4 is 0 Å². The Hall–Kier alpha value is -0.850. The Kier molecular flexibility index (Phi) is 5.67. The van der Waals surface area contributed by atoms with Crippen molar-refractivity contribution in [2.45, 2.75) is 12.4 Å². The van der Waals surface area contributed by atoms with Gasteiger partial charge in [0, 0.05) is 27.1 Å². The minimum atomic E-state index is -3.06. The van der Waals surface area contributed by atoms with Gasteiger partial charge in [0.2, 0.25) is 6.29 Å². The molecule has 0 spiro atoms. The van der Waals surface area contributed by atoms with E-state index in [2.05, 4.69) is 14.0 Å². The van der Waals surface area contributed by atoms with E-state index in [1.165, 1.54) is 24.5 Å². The third kappa shape index (κ3) is 4.89. The first-order valence-electron chi connectivity index (χ1n) is 4.24. The molecule has 0 fully saturated rings. The number of hydrogen-bond donors (Lipinski definition) is 3. The summed E-state index contributed by atoms with van der Waals surface area (Å²) in [5.41, 5.74) is 0.231. The van der Waals surface area contributed by atoms with Gasteiger partial charge in [0.1, 0.15) is 0 Å². The Bertz CT molecular complexity index is 400. The van der Waals surface area contributed by atoms with Crippen LogP contribution in [0.1, 0.15) is 11.7 Å². The zero-order chi connectivity index (χ0) is 12.8. The lowest BCUT2D eigenvalue weighted by molar-refractivity contribution is -0.0963. The van der Waals surface area contributed by atoms with Crippen LogP contribution in [0.3, 0.4) is 0 Å². The van der Waals surface area contributed by atoms with Crippen LogP contribution in [-0.2, 0) is 18.2 Å². The molecule has 0 saturated heterocycles. The molecule has 8 nitrogen and oxygen atoms in total. The Labute approximate surface area is 97.7 Å². The molecule has 3 N–H and O–H groups in total. The molecule has 1 rings (SSSR count). The van der Waals surface area contributed by atoms with Gasteiger partial charge in [-0.05, 0) is 6.07 Å². The monoisotopic (exact) mass is 281 g/mol. The van der Waals surface area contributed by atoms with Gasteiger partial charge >= 0.3 is 16.5 Å². The van der Waals surface area contributed by atoms with Crippen molar-refractivity contribution in [2.75, 3.05) is 0 Å². The van der Waals surface area contributed by atoms with Crippen LogP contribution in [0.15, 0.2) is 24.5 Å². The Balaban J connectivity index is 2.87. The lowest BCUT2D eigenvalue weighted by Gasteiger charge is -2.11. The van der Waals surface area contributed by atoms with Crippen molar-refractivity contribution in [3.8, 4) is 0 Å². The van der Waals surface area contributed by atoms with E-state index in [9.17, 15) is 14.2 Å². The second kappa shape index (κ2) is 6.78.